The number of hydrogen-bond donors (Lipinski definition) is 4. The molecule has 4 N–H and O–H groups in total. The molecule has 1 unspecified atom stereocenters. The molecule has 1 atom stereocenters. The Bertz CT molecular complexity index is 1500. The Morgan fingerprint density at radius 1 is 1.08 bits per heavy atom. The molecule has 198 valence electrons. The zero-order valence-electron chi connectivity index (χ0n) is 21.1. The van der Waals surface area contributed by atoms with E-state index in [1.165, 1.54) is 37.4 Å². The highest BCUT2D eigenvalue weighted by molar-refractivity contribution is 8.03. The lowest BCUT2D eigenvalue weighted by molar-refractivity contribution is -0.114. The Hall–Kier alpha value is -4.75. The number of thioether (sulfide) groups is 1. The molecular formula is C29H25FN4O4S. The molecule has 2 amide bonds. The number of nitrogens with zero attached hydrogens (tertiary/aromatic N) is 1. The van der Waals surface area contributed by atoms with Crippen LogP contribution in [0.1, 0.15) is 18.4 Å². The fraction of sp³-hybridized carbons (Fsp3) is 0.138. The Balaban J connectivity index is 1.67. The summed E-state index contributed by atoms with van der Waals surface area (Å²) in [5.41, 5.74) is 2.62. The first kappa shape index (κ1) is 27.3. The van der Waals surface area contributed by atoms with Crippen molar-refractivity contribution in [2.45, 2.75) is 12.8 Å². The predicted molar refractivity (Wildman–Crippen MR) is 148 cm³/mol. The van der Waals surface area contributed by atoms with Gasteiger partial charge in [-0.05, 0) is 61.0 Å². The zero-order chi connectivity index (χ0) is 27.9. The molecule has 0 saturated carbocycles. The lowest BCUT2D eigenvalue weighted by Crippen LogP contribution is -2.31. The molecule has 0 bridgehead atoms. The minimum Gasteiger partial charge on any atom is -0.504 e. The summed E-state index contributed by atoms with van der Waals surface area (Å²) in [5, 5.41) is 29.5. The summed E-state index contributed by atoms with van der Waals surface area (Å²) in [4.78, 5) is 26.1. The van der Waals surface area contributed by atoms with Gasteiger partial charge in [0.15, 0.2) is 11.5 Å². The Kier molecular flexibility index (Phi) is 8.53. The molecule has 3 aromatic carbocycles. The van der Waals surface area contributed by atoms with Gasteiger partial charge in [0.1, 0.15) is 5.82 Å². The highest BCUT2D eigenvalue weighted by atomic mass is 32.2. The smallest absolute Gasteiger partial charge is 0.254 e. The van der Waals surface area contributed by atoms with E-state index in [9.17, 15) is 24.3 Å². The average molecular weight is 545 g/mol. The Labute approximate surface area is 229 Å². The monoisotopic (exact) mass is 544 g/mol. The third-order valence-electron chi connectivity index (χ3n) is 5.94. The molecule has 10 heteroatoms. The quantitative estimate of drug-likeness (QED) is 0.306. The van der Waals surface area contributed by atoms with E-state index in [-0.39, 0.29) is 28.7 Å². The molecule has 0 saturated heterocycles. The zero-order valence-corrected chi connectivity index (χ0v) is 21.9. The maximum Gasteiger partial charge on any atom is 0.254 e. The maximum absolute atomic E-state index is 13.5. The highest BCUT2D eigenvalue weighted by Crippen LogP contribution is 2.43. The van der Waals surface area contributed by atoms with Crippen LogP contribution in [0.15, 0.2) is 94.7 Å². The van der Waals surface area contributed by atoms with Crippen LogP contribution >= 0.6 is 11.8 Å². The number of carbonyl (C=O) groups excluding carboxylic acids is 2. The molecule has 3 aromatic rings. The number of nitrogens with one attached hydrogen (secondary N) is 3. The molecule has 4 rings (SSSR count). The van der Waals surface area contributed by atoms with E-state index in [1.54, 1.807) is 43.3 Å². The molecule has 1 heterocycles. The average Bonchev–Trinajstić information content (AvgIpc) is 2.93. The normalized spacial score (nSPS) is 14.8. The van der Waals surface area contributed by atoms with E-state index < -0.39 is 17.6 Å². The van der Waals surface area contributed by atoms with Gasteiger partial charge in [-0.15, -0.1) is 0 Å². The minimum atomic E-state index is -0.808. The van der Waals surface area contributed by atoms with Crippen LogP contribution in [0.4, 0.5) is 15.8 Å². The van der Waals surface area contributed by atoms with Crippen LogP contribution in [-0.4, -0.2) is 29.8 Å². The number of methoxy groups -OCH3 is 1. The second-order valence-corrected chi connectivity index (χ2v) is 9.53. The summed E-state index contributed by atoms with van der Waals surface area (Å²) in [6, 6.07) is 21.2. The molecule has 39 heavy (non-hydrogen) atoms. The number of phenols is 1. The number of carbonyl (C=O) groups is 2. The van der Waals surface area contributed by atoms with Gasteiger partial charge in [-0.1, -0.05) is 36.0 Å². The van der Waals surface area contributed by atoms with Crippen molar-refractivity contribution in [3.63, 3.8) is 0 Å². The first-order valence-corrected chi connectivity index (χ1v) is 12.8. The number of allylic oxidation sites excluding steroid dienone is 2. The lowest BCUT2D eigenvalue weighted by atomic mass is 9.82. The van der Waals surface area contributed by atoms with E-state index in [0.29, 0.717) is 33.2 Å². The van der Waals surface area contributed by atoms with E-state index in [4.69, 9.17) is 4.74 Å². The second kappa shape index (κ2) is 12.2. The molecular weight excluding hydrogens is 519 g/mol. The van der Waals surface area contributed by atoms with Crippen LogP contribution in [0.2, 0.25) is 0 Å². The van der Waals surface area contributed by atoms with Crippen LogP contribution < -0.4 is 20.7 Å². The van der Waals surface area contributed by atoms with E-state index in [0.717, 1.165) is 11.8 Å². The third-order valence-corrected chi connectivity index (χ3v) is 6.95. The van der Waals surface area contributed by atoms with Gasteiger partial charge in [0.2, 0.25) is 5.91 Å². The Morgan fingerprint density at radius 2 is 1.77 bits per heavy atom. The van der Waals surface area contributed by atoms with Crippen LogP contribution in [0.25, 0.3) is 0 Å². The van der Waals surface area contributed by atoms with Gasteiger partial charge in [-0.25, -0.2) is 4.39 Å². The summed E-state index contributed by atoms with van der Waals surface area (Å²) in [6.07, 6.45) is 0. The van der Waals surface area contributed by atoms with Crippen molar-refractivity contribution in [3.05, 3.63) is 106 Å². The number of amides is 2. The van der Waals surface area contributed by atoms with Crippen LogP contribution in [-0.2, 0) is 9.59 Å². The number of para-hydroxylation sites is 1. The van der Waals surface area contributed by atoms with Crippen LogP contribution in [0.5, 0.6) is 11.5 Å². The summed E-state index contributed by atoms with van der Waals surface area (Å²) in [7, 11) is 1.41. The van der Waals surface area contributed by atoms with Crippen LogP contribution in [0, 0.1) is 17.1 Å². The fourth-order valence-electron chi connectivity index (χ4n) is 4.12. The minimum absolute atomic E-state index is 0.0463. The molecule has 0 aliphatic carbocycles. The molecule has 8 nitrogen and oxygen atoms in total. The molecule has 0 spiro atoms. The SMILES string of the molecule is COc1cc(C2C(C#N)=C(SCC(=O)Nc3ccc(F)cc3)NC(C)=C2C(=O)Nc2ccccc2)ccc1O. The largest absolute Gasteiger partial charge is 0.504 e. The summed E-state index contributed by atoms with van der Waals surface area (Å²) in [5.74, 6) is -1.92. The summed E-state index contributed by atoms with van der Waals surface area (Å²) < 4.78 is 18.4. The van der Waals surface area contributed by atoms with Gasteiger partial charge in [0.05, 0.1) is 35.5 Å². The van der Waals surface area contributed by atoms with Gasteiger partial charge in [-0.3, -0.25) is 9.59 Å². The van der Waals surface area contributed by atoms with Crippen molar-refractivity contribution in [3.8, 4) is 17.6 Å². The number of benzene rings is 3. The molecule has 0 aromatic heterocycles. The molecule has 0 radical (unpaired) electrons. The second-order valence-electron chi connectivity index (χ2n) is 8.55. The summed E-state index contributed by atoms with van der Waals surface area (Å²) in [6.45, 7) is 1.72. The highest BCUT2D eigenvalue weighted by Gasteiger charge is 2.35. The van der Waals surface area contributed by atoms with Gasteiger partial charge in [-0.2, -0.15) is 5.26 Å². The number of phenolic OH excluding ortho intramolecular Hbond substituents is 1. The topological polar surface area (TPSA) is 123 Å². The van der Waals surface area contributed by atoms with Gasteiger partial charge >= 0.3 is 0 Å². The number of aromatic hydroxyl groups is 1. The molecule has 1 aliphatic heterocycles. The maximum atomic E-state index is 13.5. The van der Waals surface area contributed by atoms with Crippen molar-refractivity contribution in [1.82, 2.24) is 5.32 Å². The van der Waals surface area contributed by atoms with Crippen molar-refractivity contribution in [1.29, 1.82) is 5.26 Å². The number of anilines is 2. The van der Waals surface area contributed by atoms with E-state index in [2.05, 4.69) is 22.0 Å². The predicted octanol–water partition coefficient (Wildman–Crippen LogP) is 5.25. The molecule has 1 aliphatic rings. The first-order chi connectivity index (χ1) is 18.8. The number of rotatable bonds is 8. The van der Waals surface area contributed by atoms with Gasteiger partial charge < -0.3 is 25.8 Å². The summed E-state index contributed by atoms with van der Waals surface area (Å²) >= 11 is 1.11. The van der Waals surface area contributed by atoms with E-state index >= 15 is 0 Å². The number of hydrogen-bond acceptors (Lipinski definition) is 7. The number of nitriles is 1. The number of ether oxygens (including phenoxy) is 1. The van der Waals surface area contributed by atoms with Gasteiger partial charge in [0.25, 0.3) is 5.91 Å². The Morgan fingerprint density at radius 3 is 2.44 bits per heavy atom. The third kappa shape index (κ3) is 6.40. The van der Waals surface area contributed by atoms with Crippen LogP contribution in [0.3, 0.4) is 0 Å². The lowest BCUT2D eigenvalue weighted by Gasteiger charge is -2.30. The standard InChI is InChI=1S/C29H25FN4O4S/c1-17-26(28(37)34-20-6-4-3-5-7-20)27(18-8-13-23(35)24(14-18)38-2)22(15-31)29(32-17)39-16-25(36)33-21-11-9-19(30)10-12-21/h3-14,27,32,35H,16H2,1-2H3,(H,33,36)(H,34,37). The first-order valence-electron chi connectivity index (χ1n) is 11.8. The van der Waals surface area contributed by atoms with Crippen molar-refractivity contribution in [2.24, 2.45) is 0 Å². The van der Waals surface area contributed by atoms with Gasteiger partial charge in [0, 0.05) is 22.6 Å². The molecule has 0 fully saturated rings. The van der Waals surface area contributed by atoms with Crippen molar-refractivity contribution in [2.75, 3.05) is 23.5 Å². The number of halogens is 1. The van der Waals surface area contributed by atoms with Crippen molar-refractivity contribution >= 4 is 35.0 Å². The van der Waals surface area contributed by atoms with E-state index in [1.807, 2.05) is 6.07 Å². The van der Waals surface area contributed by atoms with Crippen molar-refractivity contribution < 1.29 is 23.8 Å². The number of dihydropyridines is 1. The fourth-order valence-corrected chi connectivity index (χ4v) is 5.01.